The molecule has 4 heteroatoms. The molecule has 1 amide bonds. The molecule has 0 radical (unpaired) electrons. The van der Waals surface area contributed by atoms with Crippen LogP contribution < -0.4 is 4.74 Å². The second-order valence-electron chi connectivity index (χ2n) is 5.90. The number of likely N-dealkylation sites (N-methyl/N-ethyl adjacent to an activating group) is 1. The normalized spacial score (nSPS) is 14.1. The van der Waals surface area contributed by atoms with Gasteiger partial charge in [-0.15, -0.1) is 0 Å². The van der Waals surface area contributed by atoms with Crippen molar-refractivity contribution in [1.29, 1.82) is 0 Å². The van der Waals surface area contributed by atoms with Crippen LogP contribution in [0.25, 0.3) is 10.9 Å². The summed E-state index contributed by atoms with van der Waals surface area (Å²) in [6, 6.07) is 8.34. The number of fused-ring (bicyclic) bond motifs is 1. The quantitative estimate of drug-likeness (QED) is 0.852. The zero-order valence-corrected chi connectivity index (χ0v) is 13.4. The van der Waals surface area contributed by atoms with Crippen molar-refractivity contribution in [3.63, 3.8) is 0 Å². The number of para-hydroxylation sites is 1. The maximum atomic E-state index is 12.2. The highest BCUT2D eigenvalue weighted by Gasteiger charge is 2.29. The van der Waals surface area contributed by atoms with Gasteiger partial charge in [0.2, 0.25) is 0 Å². The second kappa shape index (κ2) is 5.95. The number of rotatable bonds is 5. The van der Waals surface area contributed by atoms with E-state index in [0.29, 0.717) is 6.04 Å². The minimum Gasteiger partial charge on any atom is -0.483 e. The van der Waals surface area contributed by atoms with Gasteiger partial charge < -0.3 is 9.64 Å². The summed E-state index contributed by atoms with van der Waals surface area (Å²) < 4.78 is 5.95. The number of carbonyl (C=O) groups is 1. The van der Waals surface area contributed by atoms with Gasteiger partial charge in [0.1, 0.15) is 5.75 Å². The molecular weight excluding hydrogens is 276 g/mol. The van der Waals surface area contributed by atoms with Crippen molar-refractivity contribution in [2.75, 3.05) is 13.7 Å². The maximum absolute atomic E-state index is 12.2. The van der Waals surface area contributed by atoms with E-state index in [4.69, 9.17) is 4.74 Å². The zero-order chi connectivity index (χ0) is 15.7. The zero-order valence-electron chi connectivity index (χ0n) is 13.4. The summed E-state index contributed by atoms with van der Waals surface area (Å²) in [6.07, 6.45) is 3.06. The van der Waals surface area contributed by atoms with Crippen LogP contribution in [0.15, 0.2) is 24.3 Å². The lowest BCUT2D eigenvalue weighted by Crippen LogP contribution is -2.33. The van der Waals surface area contributed by atoms with Crippen molar-refractivity contribution in [3.8, 4) is 5.75 Å². The van der Waals surface area contributed by atoms with Gasteiger partial charge in [-0.25, -0.2) is 0 Å². The van der Waals surface area contributed by atoms with E-state index >= 15 is 0 Å². The largest absolute Gasteiger partial charge is 0.483 e. The number of hydrogen-bond acceptors (Lipinski definition) is 3. The van der Waals surface area contributed by atoms with Crippen molar-refractivity contribution in [1.82, 2.24) is 9.88 Å². The standard InChI is InChI=1S/C18H22N2O2/c1-4-14-12(2)19-16-8-6-5-7-15(16)18(14)22-11-17(21)20(3)13-9-10-13/h5-8,13H,4,9-11H2,1-3H3. The third-order valence-electron chi connectivity index (χ3n) is 4.33. The average Bonchev–Trinajstić information content (AvgIpc) is 3.35. The van der Waals surface area contributed by atoms with Crippen LogP contribution in [-0.4, -0.2) is 35.5 Å². The van der Waals surface area contributed by atoms with Gasteiger partial charge in [0.05, 0.1) is 5.52 Å². The van der Waals surface area contributed by atoms with Crippen molar-refractivity contribution < 1.29 is 9.53 Å². The highest BCUT2D eigenvalue weighted by atomic mass is 16.5. The van der Waals surface area contributed by atoms with E-state index in [2.05, 4.69) is 11.9 Å². The molecule has 2 aromatic rings. The number of pyridine rings is 1. The van der Waals surface area contributed by atoms with E-state index in [1.165, 1.54) is 0 Å². The average molecular weight is 298 g/mol. The minimum absolute atomic E-state index is 0.0445. The number of carbonyl (C=O) groups excluding carboxylic acids is 1. The summed E-state index contributed by atoms with van der Waals surface area (Å²) in [5.74, 6) is 0.853. The molecule has 116 valence electrons. The topological polar surface area (TPSA) is 42.4 Å². The van der Waals surface area contributed by atoms with E-state index in [9.17, 15) is 4.79 Å². The van der Waals surface area contributed by atoms with Gasteiger partial charge in [0, 0.05) is 29.7 Å². The van der Waals surface area contributed by atoms with Crippen LogP contribution >= 0.6 is 0 Å². The Hall–Kier alpha value is -2.10. The van der Waals surface area contributed by atoms with Crippen molar-refractivity contribution in [2.45, 2.75) is 39.2 Å². The van der Waals surface area contributed by atoms with Crippen LogP contribution in [0.5, 0.6) is 5.75 Å². The first-order valence-electron chi connectivity index (χ1n) is 7.88. The Morgan fingerprint density at radius 1 is 1.36 bits per heavy atom. The van der Waals surface area contributed by atoms with Crippen LogP contribution in [0.2, 0.25) is 0 Å². The predicted molar refractivity (Wildman–Crippen MR) is 87.1 cm³/mol. The first-order chi connectivity index (χ1) is 10.6. The lowest BCUT2D eigenvalue weighted by molar-refractivity contribution is -0.132. The molecule has 1 aromatic heterocycles. The molecule has 0 N–H and O–H groups in total. The van der Waals surface area contributed by atoms with Crippen molar-refractivity contribution in [3.05, 3.63) is 35.5 Å². The van der Waals surface area contributed by atoms with E-state index in [1.807, 2.05) is 43.1 Å². The van der Waals surface area contributed by atoms with E-state index in [-0.39, 0.29) is 12.5 Å². The Bertz CT molecular complexity index is 708. The lowest BCUT2D eigenvalue weighted by Gasteiger charge is -2.19. The minimum atomic E-state index is 0.0445. The number of benzene rings is 1. The number of aromatic nitrogens is 1. The number of ether oxygens (including phenoxy) is 1. The van der Waals surface area contributed by atoms with Gasteiger partial charge >= 0.3 is 0 Å². The van der Waals surface area contributed by atoms with Gasteiger partial charge in [-0.1, -0.05) is 19.1 Å². The monoisotopic (exact) mass is 298 g/mol. The van der Waals surface area contributed by atoms with E-state index < -0.39 is 0 Å². The van der Waals surface area contributed by atoms with Crippen LogP contribution in [0.1, 0.15) is 31.0 Å². The van der Waals surface area contributed by atoms with Gasteiger partial charge in [-0.2, -0.15) is 0 Å². The third kappa shape index (κ3) is 2.78. The van der Waals surface area contributed by atoms with E-state index in [0.717, 1.165) is 47.2 Å². The first kappa shape index (κ1) is 14.8. The molecule has 0 saturated heterocycles. The molecule has 4 nitrogen and oxygen atoms in total. The second-order valence-corrected chi connectivity index (χ2v) is 5.90. The van der Waals surface area contributed by atoms with Crippen LogP contribution in [-0.2, 0) is 11.2 Å². The SMILES string of the molecule is CCc1c(C)nc2ccccc2c1OCC(=O)N(C)C1CC1. The fourth-order valence-electron chi connectivity index (χ4n) is 2.82. The van der Waals surface area contributed by atoms with Crippen molar-refractivity contribution >= 4 is 16.8 Å². The summed E-state index contributed by atoms with van der Waals surface area (Å²) in [7, 11) is 1.86. The Balaban J connectivity index is 1.89. The molecule has 0 aliphatic heterocycles. The molecule has 0 bridgehead atoms. The Morgan fingerprint density at radius 2 is 2.09 bits per heavy atom. The summed E-state index contributed by atoms with van der Waals surface area (Å²) in [4.78, 5) is 18.6. The molecule has 0 unspecified atom stereocenters. The molecule has 1 fully saturated rings. The number of hydrogen-bond donors (Lipinski definition) is 0. The summed E-state index contributed by atoms with van der Waals surface area (Å²) in [6.45, 7) is 4.17. The molecule has 1 aliphatic rings. The number of amides is 1. The van der Waals surface area contributed by atoms with Gasteiger partial charge in [-0.05, 0) is 38.3 Å². The maximum Gasteiger partial charge on any atom is 0.260 e. The summed E-state index contributed by atoms with van der Waals surface area (Å²) in [5.41, 5.74) is 2.97. The van der Waals surface area contributed by atoms with Crippen LogP contribution in [0.3, 0.4) is 0 Å². The lowest BCUT2D eigenvalue weighted by atomic mass is 10.1. The molecule has 0 spiro atoms. The molecular formula is C18H22N2O2. The molecule has 22 heavy (non-hydrogen) atoms. The summed E-state index contributed by atoms with van der Waals surface area (Å²) >= 11 is 0. The summed E-state index contributed by atoms with van der Waals surface area (Å²) in [5, 5.41) is 0.979. The van der Waals surface area contributed by atoms with E-state index in [1.54, 1.807) is 0 Å². The molecule has 0 atom stereocenters. The predicted octanol–water partition coefficient (Wildman–Crippen LogP) is 3.11. The third-order valence-corrected chi connectivity index (χ3v) is 4.33. The fourth-order valence-corrected chi connectivity index (χ4v) is 2.82. The Labute approximate surface area is 131 Å². The Morgan fingerprint density at radius 3 is 2.77 bits per heavy atom. The number of nitrogens with zero attached hydrogens (tertiary/aromatic N) is 2. The molecule has 1 aliphatic carbocycles. The highest BCUT2D eigenvalue weighted by Crippen LogP contribution is 2.31. The van der Waals surface area contributed by atoms with Crippen LogP contribution in [0.4, 0.5) is 0 Å². The van der Waals surface area contributed by atoms with Gasteiger partial charge in [-0.3, -0.25) is 9.78 Å². The molecule has 1 saturated carbocycles. The Kier molecular flexibility index (Phi) is 4.01. The first-order valence-corrected chi connectivity index (χ1v) is 7.88. The number of aryl methyl sites for hydroxylation is 1. The van der Waals surface area contributed by atoms with Gasteiger partial charge in [0.15, 0.2) is 6.61 Å². The highest BCUT2D eigenvalue weighted by molar-refractivity contribution is 5.87. The molecule has 1 heterocycles. The van der Waals surface area contributed by atoms with Gasteiger partial charge in [0.25, 0.3) is 5.91 Å². The fraction of sp³-hybridized carbons (Fsp3) is 0.444. The van der Waals surface area contributed by atoms with Crippen LogP contribution in [0, 0.1) is 6.92 Å². The molecule has 1 aromatic carbocycles. The van der Waals surface area contributed by atoms with Crippen molar-refractivity contribution in [2.24, 2.45) is 0 Å². The molecule has 3 rings (SSSR count). The smallest absolute Gasteiger partial charge is 0.260 e.